The van der Waals surface area contributed by atoms with Crippen LogP contribution < -0.4 is 5.69 Å². The molecule has 2 aromatic heterocycles. The smallest absolute Gasteiger partial charge is 0.324 e. The second kappa shape index (κ2) is 3.94. The van der Waals surface area contributed by atoms with E-state index in [1.807, 2.05) is 0 Å². The van der Waals surface area contributed by atoms with Crippen LogP contribution in [0.25, 0.3) is 11.2 Å². The maximum atomic E-state index is 12.3. The van der Waals surface area contributed by atoms with E-state index in [0.29, 0.717) is 24.3 Å². The molecule has 0 saturated carbocycles. The summed E-state index contributed by atoms with van der Waals surface area (Å²) in [4.78, 5) is 34.0. The molecule has 0 atom stereocenters. The minimum atomic E-state index is -0.373. The summed E-state index contributed by atoms with van der Waals surface area (Å²) in [6.45, 7) is 1.41. The molecule has 0 aromatic carbocycles. The third kappa shape index (κ3) is 1.43. The maximum Gasteiger partial charge on any atom is 0.338 e. The average Bonchev–Trinajstić information content (AvgIpc) is 2.99. The topological polar surface area (TPSA) is 73.0 Å². The Morgan fingerprint density at radius 3 is 2.78 bits per heavy atom. The Hall–Kier alpha value is -2.18. The van der Waals surface area contributed by atoms with Crippen LogP contribution in [0.5, 0.6) is 0 Å². The number of carbonyl (C=O) groups excluding carboxylic acids is 1. The summed E-state index contributed by atoms with van der Waals surface area (Å²) in [7, 11) is 1.60. The molecule has 0 aliphatic carbocycles. The fourth-order valence-corrected chi connectivity index (χ4v) is 2.31. The maximum absolute atomic E-state index is 12.3. The lowest BCUT2D eigenvalue weighted by atomic mass is 10.4. The molecule has 1 amide bonds. The normalized spacial score (nSPS) is 15.5. The average molecular weight is 247 g/mol. The van der Waals surface area contributed by atoms with Gasteiger partial charge in [0, 0.05) is 20.1 Å². The molecule has 94 valence electrons. The van der Waals surface area contributed by atoms with Crippen LogP contribution in [0, 0.1) is 0 Å². The van der Waals surface area contributed by atoms with Crippen molar-refractivity contribution in [3.63, 3.8) is 0 Å². The summed E-state index contributed by atoms with van der Waals surface area (Å²) in [6, 6.07) is -0.280. The molecule has 3 heterocycles. The Morgan fingerprint density at radius 1 is 1.33 bits per heavy atom. The summed E-state index contributed by atoms with van der Waals surface area (Å²) in [6.07, 6.45) is 4.84. The van der Waals surface area contributed by atoms with Gasteiger partial charge in [-0.05, 0) is 12.8 Å². The van der Waals surface area contributed by atoms with Gasteiger partial charge in [0.05, 0.1) is 6.20 Å². The molecule has 1 fully saturated rings. The van der Waals surface area contributed by atoms with Gasteiger partial charge in [0.15, 0.2) is 5.65 Å². The largest absolute Gasteiger partial charge is 0.338 e. The van der Waals surface area contributed by atoms with Crippen LogP contribution in [0.15, 0.2) is 17.3 Å². The molecule has 7 heteroatoms. The number of amides is 1. The minimum Gasteiger partial charge on any atom is -0.324 e. The Labute approximate surface area is 103 Å². The van der Waals surface area contributed by atoms with E-state index in [2.05, 4.69) is 9.97 Å². The first-order valence-electron chi connectivity index (χ1n) is 5.87. The van der Waals surface area contributed by atoms with Crippen LogP contribution in [-0.4, -0.2) is 43.1 Å². The summed E-state index contributed by atoms with van der Waals surface area (Å²) in [5, 5.41) is 0. The molecule has 18 heavy (non-hydrogen) atoms. The number of hydrogen-bond donors (Lipinski definition) is 0. The van der Waals surface area contributed by atoms with E-state index < -0.39 is 0 Å². The molecular formula is C11H13N5O2. The molecule has 0 radical (unpaired) electrons. The van der Waals surface area contributed by atoms with Crippen molar-refractivity contribution >= 4 is 17.2 Å². The zero-order chi connectivity index (χ0) is 12.7. The van der Waals surface area contributed by atoms with Crippen LogP contribution in [-0.2, 0) is 7.05 Å². The summed E-state index contributed by atoms with van der Waals surface area (Å²) in [5.74, 6) is 0. The van der Waals surface area contributed by atoms with Crippen LogP contribution in [0.2, 0.25) is 0 Å². The highest BCUT2D eigenvalue weighted by atomic mass is 16.2. The lowest BCUT2D eigenvalue weighted by Crippen LogP contribution is -2.38. The SMILES string of the molecule is Cn1c(=O)n(C(=O)N2CCCC2)c2cncnc21. The molecule has 0 bridgehead atoms. The molecule has 1 aliphatic heterocycles. The van der Waals surface area contributed by atoms with Gasteiger partial charge >= 0.3 is 11.7 Å². The van der Waals surface area contributed by atoms with Gasteiger partial charge < -0.3 is 4.90 Å². The first-order chi connectivity index (χ1) is 8.70. The molecule has 0 N–H and O–H groups in total. The van der Waals surface area contributed by atoms with Crippen LogP contribution in [0.1, 0.15) is 12.8 Å². The van der Waals surface area contributed by atoms with E-state index in [-0.39, 0.29) is 11.7 Å². The Morgan fingerprint density at radius 2 is 2.06 bits per heavy atom. The summed E-state index contributed by atoms with van der Waals surface area (Å²) < 4.78 is 2.52. The van der Waals surface area contributed by atoms with Crippen LogP contribution in [0.4, 0.5) is 4.79 Å². The first kappa shape index (κ1) is 10.9. The predicted octanol–water partition coefficient (Wildman–Crippen LogP) is 0.194. The van der Waals surface area contributed by atoms with Gasteiger partial charge in [-0.1, -0.05) is 0 Å². The van der Waals surface area contributed by atoms with Gasteiger partial charge in [-0.15, -0.1) is 0 Å². The van der Waals surface area contributed by atoms with Gasteiger partial charge in [-0.25, -0.2) is 24.1 Å². The molecule has 7 nitrogen and oxygen atoms in total. The lowest BCUT2D eigenvalue weighted by molar-refractivity contribution is 0.210. The zero-order valence-electron chi connectivity index (χ0n) is 10.0. The Bertz CT molecular complexity index is 666. The number of aryl methyl sites for hydroxylation is 1. The number of likely N-dealkylation sites (tertiary alicyclic amines) is 1. The number of fused-ring (bicyclic) bond motifs is 1. The number of hydrogen-bond acceptors (Lipinski definition) is 4. The molecule has 0 unspecified atom stereocenters. The van der Waals surface area contributed by atoms with E-state index in [9.17, 15) is 9.59 Å². The Kier molecular flexibility index (Phi) is 2.39. The molecule has 1 saturated heterocycles. The number of aromatic nitrogens is 4. The fraction of sp³-hybridized carbons (Fsp3) is 0.455. The second-order valence-corrected chi connectivity index (χ2v) is 4.39. The quantitative estimate of drug-likeness (QED) is 0.666. The number of rotatable bonds is 0. The highest BCUT2D eigenvalue weighted by Gasteiger charge is 2.24. The molecular weight excluding hydrogens is 234 g/mol. The lowest BCUT2D eigenvalue weighted by Gasteiger charge is -2.14. The highest BCUT2D eigenvalue weighted by molar-refractivity contribution is 5.87. The van der Waals surface area contributed by atoms with Crippen LogP contribution >= 0.6 is 0 Å². The Balaban J connectivity index is 2.19. The number of nitrogens with zero attached hydrogens (tertiary/aromatic N) is 5. The first-order valence-corrected chi connectivity index (χ1v) is 5.87. The van der Waals surface area contributed by atoms with Crippen molar-refractivity contribution in [1.82, 2.24) is 24.0 Å². The monoisotopic (exact) mass is 247 g/mol. The fourth-order valence-electron chi connectivity index (χ4n) is 2.31. The van der Waals surface area contributed by atoms with E-state index in [1.165, 1.54) is 17.1 Å². The van der Waals surface area contributed by atoms with Crippen molar-refractivity contribution in [1.29, 1.82) is 0 Å². The van der Waals surface area contributed by atoms with Crippen molar-refractivity contribution in [2.45, 2.75) is 12.8 Å². The molecule has 1 aliphatic rings. The van der Waals surface area contributed by atoms with Gasteiger partial charge in [0.2, 0.25) is 0 Å². The number of imidazole rings is 1. The van der Waals surface area contributed by atoms with Crippen molar-refractivity contribution in [3.8, 4) is 0 Å². The van der Waals surface area contributed by atoms with Crippen molar-refractivity contribution in [2.75, 3.05) is 13.1 Å². The van der Waals surface area contributed by atoms with Gasteiger partial charge in [-0.3, -0.25) is 4.57 Å². The zero-order valence-corrected chi connectivity index (χ0v) is 10.0. The van der Waals surface area contributed by atoms with Crippen LogP contribution in [0.3, 0.4) is 0 Å². The van der Waals surface area contributed by atoms with Gasteiger partial charge in [0.25, 0.3) is 0 Å². The summed E-state index contributed by atoms with van der Waals surface area (Å²) in [5.41, 5.74) is 0.562. The third-order valence-electron chi connectivity index (χ3n) is 3.28. The van der Waals surface area contributed by atoms with Crippen molar-refractivity contribution in [3.05, 3.63) is 23.0 Å². The highest BCUT2D eigenvalue weighted by Crippen LogP contribution is 2.12. The molecule has 0 spiro atoms. The second-order valence-electron chi connectivity index (χ2n) is 4.39. The predicted molar refractivity (Wildman–Crippen MR) is 64.4 cm³/mol. The molecule has 3 rings (SSSR count). The van der Waals surface area contributed by atoms with E-state index in [1.54, 1.807) is 11.9 Å². The van der Waals surface area contributed by atoms with E-state index in [4.69, 9.17) is 0 Å². The van der Waals surface area contributed by atoms with E-state index >= 15 is 0 Å². The van der Waals surface area contributed by atoms with E-state index in [0.717, 1.165) is 17.4 Å². The minimum absolute atomic E-state index is 0.280. The standard InChI is InChI=1S/C11H13N5O2/c1-14-9-8(6-12-7-13-9)16(10(14)17)11(18)15-4-2-3-5-15/h6-7H,2-5H2,1H3. The molecule has 2 aromatic rings. The summed E-state index contributed by atoms with van der Waals surface area (Å²) >= 11 is 0. The van der Waals surface area contributed by atoms with Gasteiger partial charge in [-0.2, -0.15) is 0 Å². The van der Waals surface area contributed by atoms with Crippen molar-refractivity contribution in [2.24, 2.45) is 7.05 Å². The van der Waals surface area contributed by atoms with Gasteiger partial charge in [0.1, 0.15) is 11.8 Å². The number of carbonyl (C=O) groups is 1. The third-order valence-corrected chi connectivity index (χ3v) is 3.28. The van der Waals surface area contributed by atoms with Crippen molar-refractivity contribution < 1.29 is 4.79 Å².